The number of nitrogens with two attached hydrogens (primary N) is 1. The van der Waals surface area contributed by atoms with E-state index < -0.39 is 0 Å². The smallest absolute Gasteiger partial charge is 0.251 e. The van der Waals surface area contributed by atoms with E-state index in [0.717, 1.165) is 17.5 Å². The van der Waals surface area contributed by atoms with E-state index in [-0.39, 0.29) is 11.9 Å². The molecular weight excluding hydrogens is 200 g/mol. The van der Waals surface area contributed by atoms with Gasteiger partial charge in [-0.25, -0.2) is 0 Å². The zero-order chi connectivity index (χ0) is 12.1. The summed E-state index contributed by atoms with van der Waals surface area (Å²) in [5.41, 5.74) is 8.47. The minimum atomic E-state index is -0.0379. The minimum absolute atomic E-state index is 0.0379. The maximum Gasteiger partial charge on any atom is 0.251 e. The molecule has 0 radical (unpaired) electrons. The second-order valence-corrected chi connectivity index (χ2v) is 4.19. The highest BCUT2D eigenvalue weighted by Gasteiger charge is 2.11. The van der Waals surface area contributed by atoms with E-state index in [1.165, 1.54) is 0 Å². The van der Waals surface area contributed by atoms with Crippen LogP contribution in [0.3, 0.4) is 0 Å². The van der Waals surface area contributed by atoms with Gasteiger partial charge in [0, 0.05) is 18.2 Å². The molecule has 3 N–H and O–H groups in total. The van der Waals surface area contributed by atoms with Gasteiger partial charge in [0.1, 0.15) is 0 Å². The van der Waals surface area contributed by atoms with Gasteiger partial charge in [-0.15, -0.1) is 0 Å². The zero-order valence-corrected chi connectivity index (χ0v) is 10.2. The number of amides is 1. The summed E-state index contributed by atoms with van der Waals surface area (Å²) in [6, 6.07) is 5.90. The van der Waals surface area contributed by atoms with Crippen molar-refractivity contribution in [3.63, 3.8) is 0 Å². The molecule has 0 heterocycles. The molecule has 0 aliphatic heterocycles. The van der Waals surface area contributed by atoms with Crippen LogP contribution in [0.25, 0.3) is 0 Å². The van der Waals surface area contributed by atoms with Crippen molar-refractivity contribution in [2.24, 2.45) is 5.73 Å². The van der Waals surface area contributed by atoms with Crippen LogP contribution in [-0.4, -0.2) is 18.5 Å². The van der Waals surface area contributed by atoms with E-state index in [0.29, 0.717) is 12.1 Å². The van der Waals surface area contributed by atoms with Gasteiger partial charge in [0.05, 0.1) is 0 Å². The number of hydrogen-bond acceptors (Lipinski definition) is 2. The molecule has 0 spiro atoms. The second kappa shape index (κ2) is 5.66. The molecule has 0 fully saturated rings. The number of aryl methyl sites for hydroxylation is 2. The zero-order valence-electron chi connectivity index (χ0n) is 10.2. The van der Waals surface area contributed by atoms with Crippen molar-refractivity contribution in [3.8, 4) is 0 Å². The molecule has 0 bridgehead atoms. The summed E-state index contributed by atoms with van der Waals surface area (Å²) in [5, 5.41) is 2.92. The SMILES string of the molecule is CCC(CN)NC(=O)c1cc(C)cc(C)c1. The third kappa shape index (κ3) is 3.35. The van der Waals surface area contributed by atoms with Crippen LogP contribution < -0.4 is 11.1 Å². The molecule has 1 atom stereocenters. The number of nitrogens with one attached hydrogen (secondary N) is 1. The molecule has 1 unspecified atom stereocenters. The van der Waals surface area contributed by atoms with E-state index in [1.807, 2.05) is 32.9 Å². The monoisotopic (exact) mass is 220 g/mol. The molecule has 1 aromatic carbocycles. The Bertz CT molecular complexity index is 350. The second-order valence-electron chi connectivity index (χ2n) is 4.19. The van der Waals surface area contributed by atoms with Crippen LogP contribution in [0, 0.1) is 13.8 Å². The standard InChI is InChI=1S/C13H20N2O/c1-4-12(8-14)15-13(16)11-6-9(2)5-10(3)7-11/h5-7,12H,4,8,14H2,1-3H3,(H,15,16). The Balaban J connectivity index is 2.80. The molecule has 1 aromatic rings. The third-order valence-electron chi connectivity index (χ3n) is 2.60. The Hall–Kier alpha value is -1.35. The number of rotatable bonds is 4. The third-order valence-corrected chi connectivity index (χ3v) is 2.60. The summed E-state index contributed by atoms with van der Waals surface area (Å²) in [4.78, 5) is 11.9. The van der Waals surface area contributed by atoms with Gasteiger partial charge in [0.15, 0.2) is 0 Å². The number of hydrogen-bond donors (Lipinski definition) is 2. The molecule has 3 nitrogen and oxygen atoms in total. The predicted octanol–water partition coefficient (Wildman–Crippen LogP) is 1.77. The quantitative estimate of drug-likeness (QED) is 0.812. The van der Waals surface area contributed by atoms with Crippen molar-refractivity contribution in [2.45, 2.75) is 33.2 Å². The molecule has 3 heteroatoms. The highest BCUT2D eigenvalue weighted by molar-refractivity contribution is 5.94. The minimum Gasteiger partial charge on any atom is -0.348 e. The van der Waals surface area contributed by atoms with Gasteiger partial charge in [0.25, 0.3) is 5.91 Å². The lowest BCUT2D eigenvalue weighted by atomic mass is 10.1. The Morgan fingerprint density at radius 1 is 1.31 bits per heavy atom. The number of benzene rings is 1. The van der Waals surface area contributed by atoms with Crippen LogP contribution >= 0.6 is 0 Å². The summed E-state index contributed by atoms with van der Waals surface area (Å²) >= 11 is 0. The lowest BCUT2D eigenvalue weighted by Gasteiger charge is -2.15. The van der Waals surface area contributed by atoms with E-state index in [4.69, 9.17) is 5.73 Å². The van der Waals surface area contributed by atoms with E-state index in [2.05, 4.69) is 11.4 Å². The van der Waals surface area contributed by atoms with Crippen molar-refractivity contribution in [2.75, 3.05) is 6.54 Å². The van der Waals surface area contributed by atoms with Gasteiger partial charge in [-0.05, 0) is 32.4 Å². The summed E-state index contributed by atoms with van der Waals surface area (Å²) in [6.07, 6.45) is 0.854. The van der Waals surface area contributed by atoms with Gasteiger partial charge in [-0.3, -0.25) is 4.79 Å². The van der Waals surface area contributed by atoms with Crippen molar-refractivity contribution in [3.05, 3.63) is 34.9 Å². The van der Waals surface area contributed by atoms with Crippen LogP contribution in [0.2, 0.25) is 0 Å². The van der Waals surface area contributed by atoms with Crippen LogP contribution in [0.15, 0.2) is 18.2 Å². The molecule has 16 heavy (non-hydrogen) atoms. The first-order chi connectivity index (χ1) is 7.56. The van der Waals surface area contributed by atoms with Crippen molar-refractivity contribution < 1.29 is 4.79 Å². The average Bonchev–Trinajstić information content (AvgIpc) is 2.24. The van der Waals surface area contributed by atoms with Gasteiger partial charge in [0.2, 0.25) is 0 Å². The largest absolute Gasteiger partial charge is 0.348 e. The average molecular weight is 220 g/mol. The fourth-order valence-electron chi connectivity index (χ4n) is 1.70. The topological polar surface area (TPSA) is 55.1 Å². The maximum atomic E-state index is 11.9. The highest BCUT2D eigenvalue weighted by Crippen LogP contribution is 2.09. The van der Waals surface area contributed by atoms with Crippen LogP contribution in [-0.2, 0) is 0 Å². The first kappa shape index (κ1) is 12.7. The predicted molar refractivity (Wildman–Crippen MR) is 66.5 cm³/mol. The molecular formula is C13H20N2O. The molecule has 0 aromatic heterocycles. The van der Waals surface area contributed by atoms with Gasteiger partial charge >= 0.3 is 0 Å². The Morgan fingerprint density at radius 2 is 1.88 bits per heavy atom. The van der Waals surface area contributed by atoms with Crippen molar-refractivity contribution in [1.29, 1.82) is 0 Å². The van der Waals surface area contributed by atoms with Crippen LogP contribution in [0.1, 0.15) is 34.8 Å². The summed E-state index contributed by atoms with van der Waals surface area (Å²) in [6.45, 7) is 6.47. The van der Waals surface area contributed by atoms with E-state index in [1.54, 1.807) is 0 Å². The normalized spacial score (nSPS) is 12.2. The summed E-state index contributed by atoms with van der Waals surface area (Å²) < 4.78 is 0. The Kier molecular flexibility index (Phi) is 4.50. The maximum absolute atomic E-state index is 11.9. The number of carbonyl (C=O) groups excluding carboxylic acids is 1. The first-order valence-corrected chi connectivity index (χ1v) is 5.66. The molecule has 0 aliphatic carbocycles. The van der Waals surface area contributed by atoms with E-state index in [9.17, 15) is 4.79 Å². The van der Waals surface area contributed by atoms with Gasteiger partial charge in [-0.2, -0.15) is 0 Å². The molecule has 1 rings (SSSR count). The van der Waals surface area contributed by atoms with Crippen molar-refractivity contribution >= 4 is 5.91 Å². The first-order valence-electron chi connectivity index (χ1n) is 5.66. The molecule has 0 saturated carbocycles. The fraction of sp³-hybridized carbons (Fsp3) is 0.462. The molecule has 1 amide bonds. The number of carbonyl (C=O) groups is 1. The Morgan fingerprint density at radius 3 is 2.31 bits per heavy atom. The van der Waals surface area contributed by atoms with Crippen LogP contribution in [0.4, 0.5) is 0 Å². The molecule has 0 aliphatic rings. The van der Waals surface area contributed by atoms with Gasteiger partial charge in [-0.1, -0.05) is 24.1 Å². The molecule has 88 valence electrons. The summed E-state index contributed by atoms with van der Waals surface area (Å²) in [5.74, 6) is -0.0379. The lowest BCUT2D eigenvalue weighted by Crippen LogP contribution is -2.39. The van der Waals surface area contributed by atoms with Gasteiger partial charge < -0.3 is 11.1 Å². The fourth-order valence-corrected chi connectivity index (χ4v) is 1.70. The van der Waals surface area contributed by atoms with E-state index >= 15 is 0 Å². The highest BCUT2D eigenvalue weighted by atomic mass is 16.1. The van der Waals surface area contributed by atoms with Crippen molar-refractivity contribution in [1.82, 2.24) is 5.32 Å². The summed E-state index contributed by atoms with van der Waals surface area (Å²) in [7, 11) is 0. The van der Waals surface area contributed by atoms with Crippen LogP contribution in [0.5, 0.6) is 0 Å². The molecule has 0 saturated heterocycles. The Labute approximate surface area is 97.0 Å². The lowest BCUT2D eigenvalue weighted by molar-refractivity contribution is 0.0937.